The number of hydrogen-bond acceptors (Lipinski definition) is 2. The SMILES string of the molecule is COc1cc(C(=O)NC(C)(C)C)ccc1F. The van der Waals surface area contributed by atoms with Crippen molar-refractivity contribution in [2.45, 2.75) is 26.3 Å². The molecule has 0 aromatic heterocycles. The predicted octanol–water partition coefficient (Wildman–Crippen LogP) is 2.36. The lowest BCUT2D eigenvalue weighted by molar-refractivity contribution is 0.0919. The molecule has 0 atom stereocenters. The van der Waals surface area contributed by atoms with Gasteiger partial charge in [0, 0.05) is 11.1 Å². The van der Waals surface area contributed by atoms with E-state index in [-0.39, 0.29) is 17.2 Å². The summed E-state index contributed by atoms with van der Waals surface area (Å²) in [5.41, 5.74) is 0.0618. The Kier molecular flexibility index (Phi) is 3.52. The predicted molar refractivity (Wildman–Crippen MR) is 60.2 cm³/mol. The van der Waals surface area contributed by atoms with Crippen molar-refractivity contribution in [3.05, 3.63) is 29.6 Å². The Morgan fingerprint density at radius 3 is 2.50 bits per heavy atom. The Hall–Kier alpha value is -1.58. The lowest BCUT2D eigenvalue weighted by Gasteiger charge is -2.20. The van der Waals surface area contributed by atoms with Gasteiger partial charge in [0.1, 0.15) is 0 Å². The third-order valence-electron chi connectivity index (χ3n) is 1.90. The molecule has 0 aliphatic carbocycles. The second kappa shape index (κ2) is 4.51. The Balaban J connectivity index is 2.93. The van der Waals surface area contributed by atoms with E-state index in [1.165, 1.54) is 25.3 Å². The molecule has 1 rings (SSSR count). The van der Waals surface area contributed by atoms with E-state index < -0.39 is 5.82 Å². The van der Waals surface area contributed by atoms with Gasteiger partial charge in [0.25, 0.3) is 5.91 Å². The lowest BCUT2D eigenvalue weighted by atomic mass is 10.1. The van der Waals surface area contributed by atoms with Crippen molar-refractivity contribution in [3.63, 3.8) is 0 Å². The standard InChI is InChI=1S/C12H16FNO2/c1-12(2,3)14-11(15)8-5-6-9(13)10(7-8)16-4/h5-7H,1-4H3,(H,14,15). The van der Waals surface area contributed by atoms with Crippen LogP contribution < -0.4 is 10.1 Å². The first kappa shape index (κ1) is 12.5. The molecule has 0 saturated heterocycles. The number of methoxy groups -OCH3 is 1. The average molecular weight is 225 g/mol. The summed E-state index contributed by atoms with van der Waals surface area (Å²) in [6.45, 7) is 5.64. The monoisotopic (exact) mass is 225 g/mol. The summed E-state index contributed by atoms with van der Waals surface area (Å²) < 4.78 is 17.9. The van der Waals surface area contributed by atoms with Gasteiger partial charge < -0.3 is 10.1 Å². The zero-order valence-electron chi connectivity index (χ0n) is 9.93. The van der Waals surface area contributed by atoms with E-state index in [4.69, 9.17) is 4.74 Å². The first-order chi connectivity index (χ1) is 7.33. The molecule has 1 N–H and O–H groups in total. The highest BCUT2D eigenvalue weighted by molar-refractivity contribution is 5.95. The second-order valence-corrected chi connectivity index (χ2v) is 4.55. The highest BCUT2D eigenvalue weighted by Crippen LogP contribution is 2.18. The number of halogens is 1. The van der Waals surface area contributed by atoms with Crippen molar-refractivity contribution < 1.29 is 13.9 Å². The zero-order valence-corrected chi connectivity index (χ0v) is 9.93. The second-order valence-electron chi connectivity index (χ2n) is 4.55. The van der Waals surface area contributed by atoms with Crippen LogP contribution in [0.4, 0.5) is 4.39 Å². The van der Waals surface area contributed by atoms with Gasteiger partial charge in [-0.1, -0.05) is 0 Å². The van der Waals surface area contributed by atoms with Crippen LogP contribution in [0.25, 0.3) is 0 Å². The van der Waals surface area contributed by atoms with Gasteiger partial charge in [-0.05, 0) is 39.0 Å². The summed E-state index contributed by atoms with van der Waals surface area (Å²) in [4.78, 5) is 11.8. The summed E-state index contributed by atoms with van der Waals surface area (Å²) in [5.74, 6) is -0.651. The molecule has 3 nitrogen and oxygen atoms in total. The van der Waals surface area contributed by atoms with Crippen LogP contribution >= 0.6 is 0 Å². The highest BCUT2D eigenvalue weighted by atomic mass is 19.1. The third kappa shape index (κ3) is 3.22. The van der Waals surface area contributed by atoms with E-state index in [0.717, 1.165) is 0 Å². The molecule has 0 fully saturated rings. The minimum absolute atomic E-state index is 0.0709. The molecule has 0 aliphatic rings. The van der Waals surface area contributed by atoms with Crippen molar-refractivity contribution in [1.82, 2.24) is 5.32 Å². The number of benzene rings is 1. The van der Waals surface area contributed by atoms with Gasteiger partial charge in [0.15, 0.2) is 11.6 Å². The molecule has 4 heteroatoms. The number of hydrogen-bond donors (Lipinski definition) is 1. The summed E-state index contributed by atoms with van der Waals surface area (Å²) in [5, 5.41) is 2.79. The first-order valence-electron chi connectivity index (χ1n) is 4.99. The molecule has 0 radical (unpaired) electrons. The maximum atomic E-state index is 13.1. The molecule has 0 bridgehead atoms. The van der Waals surface area contributed by atoms with Crippen LogP contribution in [0.2, 0.25) is 0 Å². The first-order valence-corrected chi connectivity index (χ1v) is 4.99. The van der Waals surface area contributed by atoms with E-state index >= 15 is 0 Å². The van der Waals surface area contributed by atoms with Crippen molar-refractivity contribution in [3.8, 4) is 5.75 Å². The Morgan fingerprint density at radius 2 is 2.00 bits per heavy atom. The lowest BCUT2D eigenvalue weighted by Crippen LogP contribution is -2.40. The minimum atomic E-state index is -0.477. The van der Waals surface area contributed by atoms with Gasteiger partial charge in [-0.3, -0.25) is 4.79 Å². The molecule has 1 aromatic carbocycles. The van der Waals surface area contributed by atoms with E-state index in [1.807, 2.05) is 20.8 Å². The number of ether oxygens (including phenoxy) is 1. The molecular weight excluding hydrogens is 209 g/mol. The highest BCUT2D eigenvalue weighted by Gasteiger charge is 2.16. The smallest absolute Gasteiger partial charge is 0.251 e. The Labute approximate surface area is 94.6 Å². The quantitative estimate of drug-likeness (QED) is 0.839. The Bertz CT molecular complexity index is 396. The Morgan fingerprint density at radius 1 is 1.38 bits per heavy atom. The van der Waals surface area contributed by atoms with Crippen molar-refractivity contribution >= 4 is 5.91 Å². The molecule has 1 aromatic rings. The van der Waals surface area contributed by atoms with E-state index in [0.29, 0.717) is 5.56 Å². The number of amides is 1. The van der Waals surface area contributed by atoms with Crippen LogP contribution in [0, 0.1) is 5.82 Å². The number of carbonyl (C=O) groups excluding carboxylic acids is 1. The van der Waals surface area contributed by atoms with Crippen LogP contribution in [-0.4, -0.2) is 18.6 Å². The van der Waals surface area contributed by atoms with E-state index in [1.54, 1.807) is 0 Å². The van der Waals surface area contributed by atoms with Crippen LogP contribution in [-0.2, 0) is 0 Å². The summed E-state index contributed by atoms with van der Waals surface area (Å²) >= 11 is 0. The minimum Gasteiger partial charge on any atom is -0.494 e. The fraction of sp³-hybridized carbons (Fsp3) is 0.417. The summed E-state index contributed by atoms with van der Waals surface area (Å²) in [7, 11) is 1.36. The molecule has 0 heterocycles. The number of nitrogens with one attached hydrogen (secondary N) is 1. The van der Waals surface area contributed by atoms with Crippen LogP contribution in [0.1, 0.15) is 31.1 Å². The maximum absolute atomic E-state index is 13.1. The fourth-order valence-corrected chi connectivity index (χ4v) is 1.21. The molecule has 16 heavy (non-hydrogen) atoms. The molecule has 1 amide bonds. The molecule has 0 spiro atoms. The van der Waals surface area contributed by atoms with Gasteiger partial charge in [-0.2, -0.15) is 0 Å². The molecule has 88 valence electrons. The molecule has 0 saturated carbocycles. The third-order valence-corrected chi connectivity index (χ3v) is 1.90. The largest absolute Gasteiger partial charge is 0.494 e. The topological polar surface area (TPSA) is 38.3 Å². The van der Waals surface area contributed by atoms with Gasteiger partial charge in [-0.15, -0.1) is 0 Å². The average Bonchev–Trinajstić information content (AvgIpc) is 2.15. The number of rotatable bonds is 2. The van der Waals surface area contributed by atoms with Crippen LogP contribution in [0.3, 0.4) is 0 Å². The van der Waals surface area contributed by atoms with Gasteiger partial charge in [0.2, 0.25) is 0 Å². The van der Waals surface area contributed by atoms with E-state index in [2.05, 4.69) is 5.32 Å². The van der Waals surface area contributed by atoms with Crippen LogP contribution in [0.15, 0.2) is 18.2 Å². The molecule has 0 aliphatic heterocycles. The van der Waals surface area contributed by atoms with Gasteiger partial charge >= 0.3 is 0 Å². The van der Waals surface area contributed by atoms with Crippen molar-refractivity contribution in [2.24, 2.45) is 0 Å². The molecular formula is C12H16FNO2. The van der Waals surface area contributed by atoms with Gasteiger partial charge in [-0.25, -0.2) is 4.39 Å². The van der Waals surface area contributed by atoms with Crippen molar-refractivity contribution in [2.75, 3.05) is 7.11 Å². The van der Waals surface area contributed by atoms with Crippen LogP contribution in [0.5, 0.6) is 5.75 Å². The fourth-order valence-electron chi connectivity index (χ4n) is 1.21. The van der Waals surface area contributed by atoms with Gasteiger partial charge in [0.05, 0.1) is 7.11 Å². The summed E-state index contributed by atoms with van der Waals surface area (Å²) in [6, 6.07) is 4.03. The zero-order chi connectivity index (χ0) is 12.3. The molecule has 0 unspecified atom stereocenters. The maximum Gasteiger partial charge on any atom is 0.251 e. The van der Waals surface area contributed by atoms with Crippen molar-refractivity contribution in [1.29, 1.82) is 0 Å². The number of carbonyl (C=O) groups is 1. The normalized spacial score (nSPS) is 11.1. The van der Waals surface area contributed by atoms with E-state index in [9.17, 15) is 9.18 Å². The summed E-state index contributed by atoms with van der Waals surface area (Å²) in [6.07, 6.45) is 0.